The molecule has 3 rings (SSSR count). The predicted octanol–water partition coefficient (Wildman–Crippen LogP) is 4.30. The lowest BCUT2D eigenvalue weighted by Crippen LogP contribution is -2.38. The molecular weight excluding hydrogens is 481 g/mol. The SMILES string of the molecule is CCNC(=NCc1ccccc1[N+](=O)[O-])NCCc1c[nH]c2cc(C)ccc12.I. The van der Waals surface area contributed by atoms with Crippen molar-refractivity contribution in [1.82, 2.24) is 15.6 Å². The summed E-state index contributed by atoms with van der Waals surface area (Å²) in [5.41, 5.74) is 4.31. The zero-order chi connectivity index (χ0) is 19.9. The van der Waals surface area contributed by atoms with Crippen molar-refractivity contribution in [1.29, 1.82) is 0 Å². The van der Waals surface area contributed by atoms with Gasteiger partial charge in [0.2, 0.25) is 0 Å². The minimum atomic E-state index is -0.371. The number of halogens is 1. The smallest absolute Gasteiger partial charge is 0.274 e. The number of fused-ring (bicyclic) bond motifs is 1. The van der Waals surface area contributed by atoms with Gasteiger partial charge in [-0.1, -0.05) is 30.3 Å². The second-order valence-electron chi connectivity index (χ2n) is 6.62. The first-order chi connectivity index (χ1) is 13.6. The number of aromatic nitrogens is 1. The van der Waals surface area contributed by atoms with Gasteiger partial charge < -0.3 is 15.6 Å². The first kappa shape index (κ1) is 22.7. The summed E-state index contributed by atoms with van der Waals surface area (Å²) in [4.78, 5) is 18.6. The first-order valence-corrected chi connectivity index (χ1v) is 9.39. The number of aliphatic imine (C=N–C) groups is 1. The van der Waals surface area contributed by atoms with Crippen LogP contribution in [0.3, 0.4) is 0 Å². The molecule has 0 bridgehead atoms. The van der Waals surface area contributed by atoms with Crippen LogP contribution in [0.15, 0.2) is 53.7 Å². The van der Waals surface area contributed by atoms with Crippen molar-refractivity contribution in [3.05, 3.63) is 75.5 Å². The van der Waals surface area contributed by atoms with Gasteiger partial charge >= 0.3 is 0 Å². The van der Waals surface area contributed by atoms with Gasteiger partial charge in [0.05, 0.1) is 17.0 Å². The summed E-state index contributed by atoms with van der Waals surface area (Å²) in [6.07, 6.45) is 2.89. The lowest BCUT2D eigenvalue weighted by molar-refractivity contribution is -0.385. The van der Waals surface area contributed by atoms with Crippen molar-refractivity contribution >= 4 is 46.5 Å². The van der Waals surface area contributed by atoms with Crippen LogP contribution in [0.4, 0.5) is 5.69 Å². The molecule has 0 aliphatic rings. The van der Waals surface area contributed by atoms with Crippen molar-refractivity contribution in [2.75, 3.05) is 13.1 Å². The Hall–Kier alpha value is -2.62. The molecule has 0 aliphatic heterocycles. The number of hydrogen-bond acceptors (Lipinski definition) is 3. The van der Waals surface area contributed by atoms with Gasteiger partial charge in [-0.2, -0.15) is 0 Å². The maximum absolute atomic E-state index is 11.1. The van der Waals surface area contributed by atoms with Crippen LogP contribution in [0.2, 0.25) is 0 Å². The molecule has 2 aromatic carbocycles. The highest BCUT2D eigenvalue weighted by Gasteiger charge is 2.12. The van der Waals surface area contributed by atoms with E-state index in [1.54, 1.807) is 18.2 Å². The predicted molar refractivity (Wildman–Crippen MR) is 128 cm³/mol. The quantitative estimate of drug-likeness (QED) is 0.146. The number of benzene rings is 2. The molecule has 0 atom stereocenters. The number of nitro groups is 1. The molecule has 0 fully saturated rings. The van der Waals surface area contributed by atoms with E-state index < -0.39 is 0 Å². The van der Waals surface area contributed by atoms with Gasteiger partial charge in [0.15, 0.2) is 5.96 Å². The fourth-order valence-corrected chi connectivity index (χ4v) is 3.15. The largest absolute Gasteiger partial charge is 0.361 e. The summed E-state index contributed by atoms with van der Waals surface area (Å²) >= 11 is 0. The highest BCUT2D eigenvalue weighted by molar-refractivity contribution is 14.0. The highest BCUT2D eigenvalue weighted by atomic mass is 127. The number of hydrogen-bond donors (Lipinski definition) is 3. The molecule has 1 aromatic heterocycles. The standard InChI is InChI=1S/C21H25N5O2.HI/c1-3-22-21(25-14-17-6-4-5-7-20(17)26(27)28)23-11-10-16-13-24-19-12-15(2)8-9-18(16)19;/h4-9,12-13,24H,3,10-11,14H2,1-2H3,(H2,22,23,25);1H. The molecule has 0 radical (unpaired) electrons. The van der Waals surface area contributed by atoms with E-state index in [4.69, 9.17) is 0 Å². The molecule has 0 spiro atoms. The third-order valence-corrected chi connectivity index (χ3v) is 4.55. The van der Waals surface area contributed by atoms with E-state index in [9.17, 15) is 10.1 Å². The molecule has 154 valence electrons. The molecule has 0 saturated heterocycles. The lowest BCUT2D eigenvalue weighted by atomic mass is 10.1. The van der Waals surface area contributed by atoms with Crippen LogP contribution in [-0.4, -0.2) is 29.0 Å². The average Bonchev–Trinajstić information content (AvgIpc) is 3.08. The van der Waals surface area contributed by atoms with Crippen LogP contribution in [0, 0.1) is 17.0 Å². The van der Waals surface area contributed by atoms with Crippen LogP contribution >= 0.6 is 24.0 Å². The van der Waals surface area contributed by atoms with Gasteiger partial charge in [-0.3, -0.25) is 10.1 Å². The molecule has 0 amide bonds. The molecule has 3 aromatic rings. The third kappa shape index (κ3) is 5.93. The second-order valence-corrected chi connectivity index (χ2v) is 6.62. The van der Waals surface area contributed by atoms with Crippen molar-refractivity contribution in [3.63, 3.8) is 0 Å². The Balaban J connectivity index is 0.00000300. The number of H-pyrrole nitrogens is 1. The molecule has 1 heterocycles. The number of aromatic amines is 1. The number of aryl methyl sites for hydroxylation is 1. The second kappa shape index (κ2) is 10.8. The Kier molecular flexibility index (Phi) is 8.44. The third-order valence-electron chi connectivity index (χ3n) is 4.55. The number of guanidine groups is 1. The molecular formula is C21H26IN5O2. The average molecular weight is 507 g/mol. The molecule has 3 N–H and O–H groups in total. The van der Waals surface area contributed by atoms with Crippen molar-refractivity contribution in [3.8, 4) is 0 Å². The fourth-order valence-electron chi connectivity index (χ4n) is 3.15. The highest BCUT2D eigenvalue weighted by Crippen LogP contribution is 2.20. The Labute approximate surface area is 187 Å². The van der Waals surface area contributed by atoms with Gasteiger partial charge in [-0.05, 0) is 37.5 Å². The zero-order valence-corrected chi connectivity index (χ0v) is 18.9. The molecule has 0 saturated carbocycles. The number of nitrogens with zero attached hydrogens (tertiary/aromatic N) is 2. The van der Waals surface area contributed by atoms with E-state index >= 15 is 0 Å². The fraction of sp³-hybridized carbons (Fsp3) is 0.286. The van der Waals surface area contributed by atoms with E-state index in [0.29, 0.717) is 18.1 Å². The van der Waals surface area contributed by atoms with Crippen molar-refractivity contribution in [2.24, 2.45) is 4.99 Å². The number of nitrogens with one attached hydrogen (secondary N) is 3. The summed E-state index contributed by atoms with van der Waals surface area (Å²) < 4.78 is 0. The van der Waals surface area contributed by atoms with Gasteiger partial charge in [0, 0.05) is 36.3 Å². The van der Waals surface area contributed by atoms with Gasteiger partial charge in [0.25, 0.3) is 5.69 Å². The minimum Gasteiger partial charge on any atom is -0.361 e. The number of nitro benzene ring substituents is 1. The van der Waals surface area contributed by atoms with E-state index in [0.717, 1.165) is 18.5 Å². The summed E-state index contributed by atoms with van der Waals surface area (Å²) in [7, 11) is 0. The van der Waals surface area contributed by atoms with Crippen LogP contribution in [0.25, 0.3) is 10.9 Å². The van der Waals surface area contributed by atoms with Gasteiger partial charge in [0.1, 0.15) is 0 Å². The maximum atomic E-state index is 11.1. The summed E-state index contributed by atoms with van der Waals surface area (Å²) in [5.74, 6) is 0.649. The van der Waals surface area contributed by atoms with Crippen LogP contribution in [0.5, 0.6) is 0 Å². The Bertz CT molecular complexity index is 1000. The van der Waals surface area contributed by atoms with E-state index in [2.05, 4.69) is 45.7 Å². The lowest BCUT2D eigenvalue weighted by Gasteiger charge is -2.11. The number of rotatable bonds is 7. The molecule has 8 heteroatoms. The van der Waals surface area contributed by atoms with Gasteiger partial charge in [-0.15, -0.1) is 24.0 Å². The summed E-state index contributed by atoms with van der Waals surface area (Å²) in [6, 6.07) is 13.1. The summed E-state index contributed by atoms with van der Waals surface area (Å²) in [5, 5.41) is 18.9. The monoisotopic (exact) mass is 507 g/mol. The number of para-hydroxylation sites is 1. The van der Waals surface area contributed by atoms with Crippen molar-refractivity contribution < 1.29 is 4.92 Å². The first-order valence-electron chi connectivity index (χ1n) is 9.39. The van der Waals surface area contributed by atoms with E-state index in [-0.39, 0.29) is 41.1 Å². The zero-order valence-electron chi connectivity index (χ0n) is 16.6. The van der Waals surface area contributed by atoms with E-state index in [1.165, 1.54) is 22.6 Å². The topological polar surface area (TPSA) is 95.3 Å². The van der Waals surface area contributed by atoms with Gasteiger partial charge in [-0.25, -0.2) is 4.99 Å². The maximum Gasteiger partial charge on any atom is 0.274 e. The molecule has 0 unspecified atom stereocenters. The minimum absolute atomic E-state index is 0. The molecule has 0 aliphatic carbocycles. The normalized spacial score (nSPS) is 11.2. The Morgan fingerprint density at radius 1 is 1.17 bits per heavy atom. The Morgan fingerprint density at radius 2 is 1.97 bits per heavy atom. The van der Waals surface area contributed by atoms with E-state index in [1.807, 2.05) is 13.1 Å². The Morgan fingerprint density at radius 3 is 2.72 bits per heavy atom. The summed E-state index contributed by atoms with van der Waals surface area (Å²) in [6.45, 7) is 5.75. The van der Waals surface area contributed by atoms with Crippen molar-refractivity contribution in [2.45, 2.75) is 26.8 Å². The van der Waals surface area contributed by atoms with Crippen LogP contribution < -0.4 is 10.6 Å². The van der Waals surface area contributed by atoms with Crippen LogP contribution in [0.1, 0.15) is 23.6 Å². The van der Waals surface area contributed by atoms with Crippen LogP contribution in [-0.2, 0) is 13.0 Å². The molecule has 29 heavy (non-hydrogen) atoms. The molecule has 7 nitrogen and oxygen atoms in total.